The van der Waals surface area contributed by atoms with Gasteiger partial charge in [0, 0.05) is 12.4 Å². The number of hydrogen-bond donors (Lipinski definition) is 2. The number of carbonyl (C=O) groups excluding carboxylic acids is 2. The summed E-state index contributed by atoms with van der Waals surface area (Å²) < 4.78 is 12.5. The van der Waals surface area contributed by atoms with Crippen molar-refractivity contribution in [3.8, 4) is 11.5 Å². The zero-order valence-corrected chi connectivity index (χ0v) is 19.1. The highest BCUT2D eigenvalue weighted by molar-refractivity contribution is 5.98. The Balaban J connectivity index is 1.34. The van der Waals surface area contributed by atoms with Crippen molar-refractivity contribution in [2.24, 2.45) is 7.05 Å². The maximum atomic E-state index is 12.7. The third-order valence-electron chi connectivity index (χ3n) is 5.16. The number of hydrogen-bond acceptors (Lipinski definition) is 6. The molecule has 1 aromatic heterocycles. The summed E-state index contributed by atoms with van der Waals surface area (Å²) in [7, 11) is 1.53. The molecule has 0 aliphatic heterocycles. The lowest BCUT2D eigenvalue weighted by Crippen LogP contribution is -2.42. The van der Waals surface area contributed by atoms with Gasteiger partial charge in [0.25, 0.3) is 11.5 Å². The number of fused-ring (bicyclic) bond motifs is 1. The smallest absolute Gasteiger partial charge is 0.274 e. The third kappa shape index (κ3) is 5.83. The van der Waals surface area contributed by atoms with E-state index in [1.54, 1.807) is 48.5 Å². The molecule has 9 heteroatoms. The Bertz CT molecular complexity index is 1400. The first kappa shape index (κ1) is 23.5. The summed E-state index contributed by atoms with van der Waals surface area (Å²) in [6.07, 6.45) is -0.121. The molecule has 4 aromatic rings. The fraction of sp³-hybridized carbons (Fsp3) is 0.154. The number of nitrogens with zero attached hydrogens (tertiary/aromatic N) is 2. The number of rotatable bonds is 8. The molecular weight excluding hydrogens is 448 g/mol. The van der Waals surface area contributed by atoms with Crippen molar-refractivity contribution >= 4 is 22.6 Å². The summed E-state index contributed by atoms with van der Waals surface area (Å²) in [6.45, 7) is 0.536. The fourth-order valence-corrected chi connectivity index (χ4v) is 3.50. The number of aromatic nitrogens is 2. The molecule has 1 heterocycles. The van der Waals surface area contributed by atoms with Gasteiger partial charge < -0.3 is 9.47 Å². The van der Waals surface area contributed by atoms with Gasteiger partial charge in [-0.3, -0.25) is 25.2 Å². The molecule has 0 aliphatic rings. The molecule has 0 unspecified atom stereocenters. The van der Waals surface area contributed by atoms with E-state index in [9.17, 15) is 14.4 Å². The number of benzene rings is 3. The lowest BCUT2D eigenvalue weighted by Gasteiger charge is -2.13. The number of aryl methyl sites for hydroxylation is 1. The van der Waals surface area contributed by atoms with Gasteiger partial charge in [0.1, 0.15) is 24.7 Å². The highest BCUT2D eigenvalue weighted by atomic mass is 16.5. The average molecular weight is 473 g/mol. The monoisotopic (exact) mass is 472 g/mol. The van der Waals surface area contributed by atoms with Crippen LogP contribution >= 0.6 is 0 Å². The first-order chi connectivity index (χ1) is 17.0. The Morgan fingerprint density at radius 2 is 1.49 bits per heavy atom. The second kappa shape index (κ2) is 11.0. The molecule has 2 amide bonds. The van der Waals surface area contributed by atoms with Gasteiger partial charge in [0.05, 0.1) is 23.1 Å². The van der Waals surface area contributed by atoms with Crippen LogP contribution in [0.5, 0.6) is 11.5 Å². The van der Waals surface area contributed by atoms with E-state index in [1.165, 1.54) is 11.7 Å². The molecule has 0 saturated carbocycles. The van der Waals surface area contributed by atoms with E-state index in [2.05, 4.69) is 16.0 Å². The van der Waals surface area contributed by atoms with Crippen LogP contribution in [-0.4, -0.2) is 34.8 Å². The first-order valence-corrected chi connectivity index (χ1v) is 11.0. The number of hydrazine groups is 1. The van der Waals surface area contributed by atoms with Gasteiger partial charge in [-0.05, 0) is 30.3 Å². The maximum absolute atomic E-state index is 12.7. The molecule has 0 aliphatic carbocycles. The highest BCUT2D eigenvalue weighted by Crippen LogP contribution is 2.18. The number of amides is 2. The van der Waals surface area contributed by atoms with Crippen LogP contribution in [-0.2, 0) is 18.3 Å². The second-order valence-electron chi connectivity index (χ2n) is 7.61. The molecule has 4 rings (SSSR count). The van der Waals surface area contributed by atoms with Crippen molar-refractivity contribution in [3.05, 3.63) is 100 Å². The van der Waals surface area contributed by atoms with Crippen LogP contribution in [0.25, 0.3) is 10.8 Å². The number of ether oxygens (including phenoxy) is 2. The first-order valence-electron chi connectivity index (χ1n) is 11.0. The maximum Gasteiger partial charge on any atom is 0.274 e. The molecule has 0 spiro atoms. The zero-order valence-electron chi connectivity index (χ0n) is 19.1. The lowest BCUT2D eigenvalue weighted by molar-refractivity contribution is -0.121. The van der Waals surface area contributed by atoms with E-state index < -0.39 is 11.8 Å². The molecule has 9 nitrogen and oxygen atoms in total. The average Bonchev–Trinajstić information content (AvgIpc) is 2.89. The fourth-order valence-electron chi connectivity index (χ4n) is 3.50. The molecule has 0 saturated heterocycles. The van der Waals surface area contributed by atoms with Gasteiger partial charge in [-0.1, -0.05) is 48.5 Å². The van der Waals surface area contributed by atoms with Crippen molar-refractivity contribution in [3.63, 3.8) is 0 Å². The van der Waals surface area contributed by atoms with Gasteiger partial charge in [0.15, 0.2) is 0 Å². The number of carbonyl (C=O) groups is 2. The van der Waals surface area contributed by atoms with Crippen molar-refractivity contribution in [1.29, 1.82) is 0 Å². The van der Waals surface area contributed by atoms with Crippen LogP contribution in [0, 0.1) is 0 Å². The van der Waals surface area contributed by atoms with Crippen LogP contribution in [0.4, 0.5) is 0 Å². The molecule has 3 aromatic carbocycles. The molecule has 2 N–H and O–H groups in total. The van der Waals surface area contributed by atoms with Crippen molar-refractivity contribution in [2.45, 2.75) is 6.42 Å². The van der Waals surface area contributed by atoms with Crippen LogP contribution in [0.2, 0.25) is 0 Å². The Morgan fingerprint density at radius 1 is 0.829 bits per heavy atom. The van der Waals surface area contributed by atoms with Crippen LogP contribution in [0.3, 0.4) is 0 Å². The van der Waals surface area contributed by atoms with E-state index >= 15 is 0 Å². The van der Waals surface area contributed by atoms with Gasteiger partial charge in [0.2, 0.25) is 5.91 Å². The Kier molecular flexibility index (Phi) is 7.37. The topological polar surface area (TPSA) is 112 Å². The molecule has 0 bridgehead atoms. The Hall–Kier alpha value is -4.66. The van der Waals surface area contributed by atoms with Gasteiger partial charge in [-0.15, -0.1) is 0 Å². The van der Waals surface area contributed by atoms with E-state index in [0.717, 1.165) is 5.75 Å². The molecule has 35 heavy (non-hydrogen) atoms. The zero-order chi connectivity index (χ0) is 24.6. The SMILES string of the molecule is Cn1nc(CC(=O)NNC(=O)c2ccccc2OCCOc2ccccc2)c2ccccc2c1=O. The number of nitrogens with one attached hydrogen (secondary N) is 2. The van der Waals surface area contributed by atoms with Crippen molar-refractivity contribution < 1.29 is 19.1 Å². The molecular formula is C26H24N4O5. The summed E-state index contributed by atoms with van der Waals surface area (Å²) >= 11 is 0. The standard InChI is InChI=1S/C26H24N4O5/c1-30-26(33)20-12-6-5-11-19(20)22(29-30)17-24(31)27-28-25(32)21-13-7-8-14-23(21)35-16-15-34-18-9-3-2-4-10-18/h2-14H,15-17H2,1H3,(H,27,31)(H,28,32). The summed E-state index contributed by atoms with van der Waals surface area (Å²) in [6, 6.07) is 23.0. The van der Waals surface area contributed by atoms with Gasteiger partial charge in [-0.2, -0.15) is 5.10 Å². The summed E-state index contributed by atoms with van der Waals surface area (Å²) in [4.78, 5) is 37.5. The van der Waals surface area contributed by atoms with Crippen molar-refractivity contribution in [2.75, 3.05) is 13.2 Å². The third-order valence-corrected chi connectivity index (χ3v) is 5.16. The van der Waals surface area contributed by atoms with Crippen LogP contribution < -0.4 is 25.9 Å². The van der Waals surface area contributed by atoms with Crippen molar-refractivity contribution in [1.82, 2.24) is 20.6 Å². The molecule has 0 fully saturated rings. The largest absolute Gasteiger partial charge is 0.490 e. The summed E-state index contributed by atoms with van der Waals surface area (Å²) in [5, 5.41) is 5.27. The van der Waals surface area contributed by atoms with Crippen LogP contribution in [0.1, 0.15) is 16.1 Å². The van der Waals surface area contributed by atoms with E-state index in [0.29, 0.717) is 28.8 Å². The quantitative estimate of drug-likeness (QED) is 0.301. The minimum atomic E-state index is -0.531. The minimum absolute atomic E-state index is 0.121. The second-order valence-corrected chi connectivity index (χ2v) is 7.61. The van der Waals surface area contributed by atoms with Gasteiger partial charge >= 0.3 is 0 Å². The van der Waals surface area contributed by atoms with E-state index in [4.69, 9.17) is 9.47 Å². The molecule has 178 valence electrons. The predicted octanol–water partition coefficient (Wildman–Crippen LogP) is 2.40. The summed E-state index contributed by atoms with van der Waals surface area (Å²) in [5.74, 6) is 0.0766. The number of para-hydroxylation sites is 2. The Morgan fingerprint density at radius 3 is 2.29 bits per heavy atom. The highest BCUT2D eigenvalue weighted by Gasteiger charge is 2.15. The van der Waals surface area contributed by atoms with Crippen LogP contribution in [0.15, 0.2) is 83.7 Å². The minimum Gasteiger partial charge on any atom is -0.490 e. The van der Waals surface area contributed by atoms with E-state index in [1.807, 2.05) is 30.3 Å². The van der Waals surface area contributed by atoms with E-state index in [-0.39, 0.29) is 24.2 Å². The Labute approximate surface area is 201 Å². The normalized spacial score (nSPS) is 10.5. The molecule has 0 atom stereocenters. The van der Waals surface area contributed by atoms with Gasteiger partial charge in [-0.25, -0.2) is 4.68 Å². The predicted molar refractivity (Wildman–Crippen MR) is 130 cm³/mol. The summed E-state index contributed by atoms with van der Waals surface area (Å²) in [5.41, 5.74) is 5.24. The lowest BCUT2D eigenvalue weighted by atomic mass is 10.1. The molecule has 0 radical (unpaired) electrons.